The highest BCUT2D eigenvalue weighted by atomic mass is 79.9. The zero-order valence-electron chi connectivity index (χ0n) is 16.8. The number of anilines is 1. The molecule has 0 aromatic heterocycles. The number of carboxylic acids is 1. The maximum absolute atomic E-state index is 13.0. The van der Waals surface area contributed by atoms with Gasteiger partial charge >= 0.3 is 6.03 Å². The van der Waals surface area contributed by atoms with E-state index in [0.717, 1.165) is 4.90 Å². The summed E-state index contributed by atoms with van der Waals surface area (Å²) in [5.74, 6) is -2.32. The van der Waals surface area contributed by atoms with E-state index in [1.165, 1.54) is 44.6 Å². The average Bonchev–Trinajstić information content (AvgIpc) is 2.75. The van der Waals surface area contributed by atoms with Gasteiger partial charge in [-0.15, -0.1) is 0 Å². The van der Waals surface area contributed by atoms with E-state index in [-0.39, 0.29) is 22.8 Å². The molecule has 10 nitrogen and oxygen atoms in total. The Labute approximate surface area is 190 Å². The monoisotopic (exact) mass is 503 g/mol. The third kappa shape index (κ3) is 4.72. The van der Waals surface area contributed by atoms with E-state index in [1.54, 1.807) is 12.1 Å². The number of carbonyl (C=O) groups excluding carboxylic acids is 4. The van der Waals surface area contributed by atoms with Gasteiger partial charge in [0.05, 0.1) is 30.3 Å². The molecule has 2 aromatic carbocycles. The summed E-state index contributed by atoms with van der Waals surface area (Å²) >= 11 is 3.25. The van der Waals surface area contributed by atoms with Crippen LogP contribution in [0.4, 0.5) is 10.5 Å². The summed E-state index contributed by atoms with van der Waals surface area (Å²) in [7, 11) is 2.82. The average molecular weight is 504 g/mol. The van der Waals surface area contributed by atoms with Crippen LogP contribution in [0.3, 0.4) is 0 Å². The molecule has 166 valence electrons. The first kappa shape index (κ1) is 22.8. The number of aliphatic carboxylic acids is 1. The lowest BCUT2D eigenvalue weighted by atomic mass is 10.1. The number of nitrogens with one attached hydrogen (secondary N) is 1. The van der Waals surface area contributed by atoms with E-state index in [0.29, 0.717) is 15.8 Å². The molecule has 1 saturated heterocycles. The van der Waals surface area contributed by atoms with E-state index in [2.05, 4.69) is 21.2 Å². The summed E-state index contributed by atoms with van der Waals surface area (Å²) in [5, 5.41) is 12.8. The van der Waals surface area contributed by atoms with Crippen molar-refractivity contribution in [3.63, 3.8) is 0 Å². The summed E-state index contributed by atoms with van der Waals surface area (Å²) < 4.78 is 15.7. The zero-order valence-corrected chi connectivity index (χ0v) is 18.4. The number of imide groups is 2. The van der Waals surface area contributed by atoms with Gasteiger partial charge in [-0.1, -0.05) is 0 Å². The van der Waals surface area contributed by atoms with E-state index < -0.39 is 30.4 Å². The lowest BCUT2D eigenvalue weighted by Gasteiger charge is -2.26. The number of methoxy groups -OCH3 is 2. The lowest BCUT2D eigenvalue weighted by Crippen LogP contribution is -2.54. The number of benzene rings is 2. The normalized spacial score (nSPS) is 14.9. The van der Waals surface area contributed by atoms with Gasteiger partial charge in [-0.3, -0.25) is 14.9 Å². The smallest absolute Gasteiger partial charge is 0.335 e. The largest absolute Gasteiger partial charge is 0.546 e. The minimum Gasteiger partial charge on any atom is -0.546 e. The quantitative estimate of drug-likeness (QED) is 0.440. The highest BCUT2D eigenvalue weighted by molar-refractivity contribution is 9.10. The Hall–Kier alpha value is -3.86. The molecule has 4 amide bonds. The number of rotatable bonds is 7. The molecule has 0 aliphatic carbocycles. The topological polar surface area (TPSA) is 134 Å². The molecule has 0 radical (unpaired) electrons. The summed E-state index contributed by atoms with van der Waals surface area (Å²) in [6.45, 7) is -0.699. The number of ether oxygens (including phenoxy) is 3. The first-order valence-electron chi connectivity index (χ1n) is 9.00. The van der Waals surface area contributed by atoms with E-state index in [1.807, 2.05) is 0 Å². The van der Waals surface area contributed by atoms with Gasteiger partial charge in [-0.2, -0.15) is 0 Å². The van der Waals surface area contributed by atoms with Crippen LogP contribution in [0.25, 0.3) is 6.08 Å². The molecule has 2 aromatic rings. The Balaban J connectivity index is 1.98. The molecule has 32 heavy (non-hydrogen) atoms. The summed E-state index contributed by atoms with van der Waals surface area (Å²) in [6, 6.07) is 8.21. The number of amides is 4. The van der Waals surface area contributed by atoms with Crippen molar-refractivity contribution in [2.45, 2.75) is 0 Å². The molecule has 0 atom stereocenters. The second kappa shape index (κ2) is 9.52. The van der Waals surface area contributed by atoms with Crippen molar-refractivity contribution in [1.29, 1.82) is 0 Å². The Bertz CT molecular complexity index is 1130. The molecule has 0 spiro atoms. The highest BCUT2D eigenvalue weighted by Crippen LogP contribution is 2.37. The molecule has 1 heterocycles. The number of halogens is 1. The van der Waals surface area contributed by atoms with Gasteiger partial charge in [0.25, 0.3) is 11.8 Å². The van der Waals surface area contributed by atoms with Crippen LogP contribution in [0.15, 0.2) is 46.4 Å². The van der Waals surface area contributed by atoms with E-state index in [9.17, 15) is 24.3 Å². The van der Waals surface area contributed by atoms with Crippen molar-refractivity contribution in [3.8, 4) is 17.2 Å². The second-order valence-corrected chi connectivity index (χ2v) is 7.21. The molecule has 11 heteroatoms. The predicted molar refractivity (Wildman–Crippen MR) is 113 cm³/mol. The second-order valence-electron chi connectivity index (χ2n) is 6.35. The van der Waals surface area contributed by atoms with Crippen LogP contribution in [-0.2, 0) is 14.4 Å². The standard InChI is InChI=1S/C21H17BrN2O8/c1-30-13-5-3-12(4-6-13)24-20(28)14(19(27)23-21(24)29)7-11-8-15(22)18(16(9-11)31-2)32-10-17(25)26/h3-9H,10H2,1-2H3,(H,25,26)(H,23,27,29)/p-1/b14-7+. The fourth-order valence-electron chi connectivity index (χ4n) is 2.88. The van der Waals surface area contributed by atoms with Gasteiger partial charge in [-0.05, 0) is 64.0 Å². The number of nitrogens with zero attached hydrogens (tertiary/aromatic N) is 1. The minimum absolute atomic E-state index is 0.105. The first-order valence-corrected chi connectivity index (χ1v) is 9.80. The van der Waals surface area contributed by atoms with Crippen molar-refractivity contribution < 1.29 is 38.5 Å². The van der Waals surface area contributed by atoms with Crippen molar-refractivity contribution in [1.82, 2.24) is 5.32 Å². The molecular weight excluding hydrogens is 488 g/mol. The third-order valence-corrected chi connectivity index (χ3v) is 4.92. The highest BCUT2D eigenvalue weighted by Gasteiger charge is 2.36. The number of hydrogen-bond donors (Lipinski definition) is 1. The SMILES string of the molecule is COc1ccc(N2C(=O)NC(=O)/C(=C\c3cc(Br)c(OCC(=O)[O-])c(OC)c3)C2=O)cc1. The lowest BCUT2D eigenvalue weighted by molar-refractivity contribution is -0.307. The Kier molecular flexibility index (Phi) is 6.79. The van der Waals surface area contributed by atoms with Gasteiger partial charge in [0, 0.05) is 0 Å². The molecule has 1 fully saturated rings. The van der Waals surface area contributed by atoms with Crippen LogP contribution in [0, 0.1) is 0 Å². The van der Waals surface area contributed by atoms with Gasteiger partial charge in [0.1, 0.15) is 17.9 Å². The molecule has 0 saturated carbocycles. The number of carboxylic acid groups (broad SMARTS) is 1. The molecule has 1 aliphatic heterocycles. The Morgan fingerprint density at radius 1 is 1.12 bits per heavy atom. The molecule has 1 N–H and O–H groups in total. The van der Waals surface area contributed by atoms with Crippen molar-refractivity contribution in [2.75, 3.05) is 25.7 Å². The molecule has 3 rings (SSSR count). The number of urea groups is 1. The molecule has 0 bridgehead atoms. The van der Waals surface area contributed by atoms with Gasteiger partial charge in [0.2, 0.25) is 0 Å². The minimum atomic E-state index is -1.42. The van der Waals surface area contributed by atoms with Crippen LogP contribution in [-0.4, -0.2) is 44.6 Å². The van der Waals surface area contributed by atoms with Gasteiger partial charge in [0.15, 0.2) is 11.5 Å². The number of barbiturate groups is 1. The Morgan fingerprint density at radius 2 is 1.81 bits per heavy atom. The first-order chi connectivity index (χ1) is 15.2. The fraction of sp³-hybridized carbons (Fsp3) is 0.143. The van der Waals surface area contributed by atoms with Crippen LogP contribution in [0.5, 0.6) is 17.2 Å². The van der Waals surface area contributed by atoms with Crippen LogP contribution in [0.1, 0.15) is 5.56 Å². The Morgan fingerprint density at radius 3 is 2.41 bits per heavy atom. The van der Waals surface area contributed by atoms with Crippen LogP contribution >= 0.6 is 15.9 Å². The molecular formula is C21H16BrN2O8-. The maximum atomic E-state index is 13.0. The zero-order chi connectivity index (χ0) is 23.4. The predicted octanol–water partition coefficient (Wildman–Crippen LogP) is 1.26. The fourth-order valence-corrected chi connectivity index (χ4v) is 3.46. The maximum Gasteiger partial charge on any atom is 0.335 e. The van der Waals surface area contributed by atoms with Crippen molar-refractivity contribution >= 4 is 51.5 Å². The molecule has 1 aliphatic rings. The van der Waals surface area contributed by atoms with Crippen LogP contribution < -0.4 is 29.5 Å². The molecule has 0 unspecified atom stereocenters. The van der Waals surface area contributed by atoms with Crippen molar-refractivity contribution in [3.05, 3.63) is 52.0 Å². The summed E-state index contributed by atoms with van der Waals surface area (Å²) in [4.78, 5) is 49.2. The number of carbonyl (C=O) groups is 4. The third-order valence-electron chi connectivity index (χ3n) is 4.33. The van der Waals surface area contributed by atoms with E-state index in [4.69, 9.17) is 14.2 Å². The number of hydrogen-bond acceptors (Lipinski definition) is 8. The van der Waals surface area contributed by atoms with Gasteiger partial charge in [-0.25, -0.2) is 9.69 Å². The van der Waals surface area contributed by atoms with E-state index >= 15 is 0 Å². The summed E-state index contributed by atoms with van der Waals surface area (Å²) in [6.07, 6.45) is 1.27. The summed E-state index contributed by atoms with van der Waals surface area (Å²) in [5.41, 5.74) is 0.311. The van der Waals surface area contributed by atoms with Crippen molar-refractivity contribution in [2.24, 2.45) is 0 Å². The van der Waals surface area contributed by atoms with Crippen LogP contribution in [0.2, 0.25) is 0 Å². The van der Waals surface area contributed by atoms with Gasteiger partial charge < -0.3 is 24.1 Å².